The van der Waals surface area contributed by atoms with Crippen molar-refractivity contribution in [1.29, 1.82) is 0 Å². The van der Waals surface area contributed by atoms with E-state index in [1.54, 1.807) is 49.8 Å². The molecule has 4 fully saturated rings. The number of imide groups is 2. The normalized spacial score (nSPS) is 23.3. The van der Waals surface area contributed by atoms with Crippen LogP contribution in [0.4, 0.5) is 11.4 Å². The number of methoxy groups -OCH3 is 1. The number of carbonyl (C=O) groups excluding carboxylic acids is 5. The molecule has 4 aromatic rings. The molecular weight excluding hydrogens is 745 g/mol. The van der Waals surface area contributed by atoms with E-state index in [-0.39, 0.29) is 24.7 Å². The molecule has 0 bridgehead atoms. The van der Waals surface area contributed by atoms with Crippen LogP contribution in [0.3, 0.4) is 0 Å². The Labute approximate surface area is 334 Å². The molecule has 0 radical (unpaired) electrons. The SMILES string of the molecule is COc1cc2nc(C3CCC(CN4CC5(CC(CCNc6cccc7c6C(=O)N(C6CCC(=O)NC6=O)C7=O)C5)C4)CC3)sc2cc1NC(=O)c1ccnc(C)n1. The number of aryl methyl sites for hydroxylation is 1. The van der Waals surface area contributed by atoms with Gasteiger partial charge in [0.15, 0.2) is 0 Å². The molecule has 15 heteroatoms. The molecular formula is C42H46N8O6S. The Morgan fingerprint density at radius 3 is 2.54 bits per heavy atom. The minimum absolute atomic E-state index is 0.0967. The molecule has 3 N–H and O–H groups in total. The molecule has 5 amide bonds. The van der Waals surface area contributed by atoms with Gasteiger partial charge >= 0.3 is 0 Å². The maximum atomic E-state index is 13.4. The Bertz CT molecular complexity index is 2290. The molecule has 57 heavy (non-hydrogen) atoms. The van der Waals surface area contributed by atoms with Crippen LogP contribution in [0.5, 0.6) is 5.75 Å². The lowest BCUT2D eigenvalue weighted by molar-refractivity contribution is -0.136. The zero-order valence-corrected chi connectivity index (χ0v) is 33.0. The summed E-state index contributed by atoms with van der Waals surface area (Å²) in [5.74, 6) is 0.611. The summed E-state index contributed by atoms with van der Waals surface area (Å²) >= 11 is 1.71. The number of rotatable bonds is 11. The van der Waals surface area contributed by atoms with E-state index in [4.69, 9.17) is 9.72 Å². The first-order valence-corrected chi connectivity index (χ1v) is 20.8. The van der Waals surface area contributed by atoms with Crippen molar-refractivity contribution in [3.8, 4) is 5.75 Å². The number of ether oxygens (including phenoxy) is 1. The van der Waals surface area contributed by atoms with Crippen molar-refractivity contribution in [2.24, 2.45) is 17.3 Å². The van der Waals surface area contributed by atoms with Gasteiger partial charge in [0, 0.05) is 56.5 Å². The van der Waals surface area contributed by atoms with Gasteiger partial charge in [-0.2, -0.15) is 0 Å². The second-order valence-electron chi connectivity index (χ2n) is 16.6. The van der Waals surface area contributed by atoms with Crippen molar-refractivity contribution in [3.05, 3.63) is 70.2 Å². The number of likely N-dealkylation sites (tertiary alicyclic amines) is 1. The molecule has 14 nitrogen and oxygen atoms in total. The van der Waals surface area contributed by atoms with Crippen molar-refractivity contribution in [2.45, 2.75) is 76.7 Å². The van der Waals surface area contributed by atoms with Gasteiger partial charge in [-0.1, -0.05) is 6.07 Å². The molecule has 2 saturated carbocycles. The van der Waals surface area contributed by atoms with Gasteiger partial charge in [0.25, 0.3) is 17.7 Å². The van der Waals surface area contributed by atoms with Crippen LogP contribution in [0, 0.1) is 24.2 Å². The number of nitrogens with one attached hydrogen (secondary N) is 3. The van der Waals surface area contributed by atoms with Crippen molar-refractivity contribution in [1.82, 2.24) is 30.1 Å². The molecule has 1 unspecified atom stereocenters. The van der Waals surface area contributed by atoms with Crippen LogP contribution < -0.4 is 20.7 Å². The van der Waals surface area contributed by atoms with E-state index >= 15 is 0 Å². The van der Waals surface area contributed by atoms with Gasteiger partial charge in [0.1, 0.15) is 23.3 Å². The Balaban J connectivity index is 0.716. The van der Waals surface area contributed by atoms with Crippen molar-refractivity contribution < 1.29 is 28.7 Å². The van der Waals surface area contributed by atoms with Crippen LogP contribution in [0.2, 0.25) is 0 Å². The highest BCUT2D eigenvalue weighted by Crippen LogP contribution is 2.53. The summed E-state index contributed by atoms with van der Waals surface area (Å²) in [5, 5.41) is 9.78. The Hall–Kier alpha value is -5.28. The number of thiazole rings is 1. The van der Waals surface area contributed by atoms with Crippen molar-refractivity contribution >= 4 is 62.5 Å². The van der Waals surface area contributed by atoms with Crippen molar-refractivity contribution in [2.75, 3.05) is 43.9 Å². The predicted octanol–water partition coefficient (Wildman–Crippen LogP) is 5.54. The third-order valence-electron chi connectivity index (χ3n) is 12.6. The smallest absolute Gasteiger partial charge is 0.274 e. The lowest BCUT2D eigenvalue weighted by atomic mass is 9.57. The molecule has 2 saturated heterocycles. The number of carbonyl (C=O) groups is 5. The fourth-order valence-corrected chi connectivity index (χ4v) is 11.0. The standard InChI is InChI=1S/C42H46N8O6S/c1-23-43-15-13-29(45-23)37(52)46-30-17-34-31(16-33(30)56-2)47-39(57-34)26-8-6-24(7-9-26)20-49-21-42(22-49)18-25(19-42)12-14-44-28-5-3-4-27-36(28)41(55)50(40(27)54)32-10-11-35(51)48-38(32)53/h3-5,13,15-17,24-26,32,44H,6-12,14,18-22H2,1-2H3,(H,46,52)(H,48,51,53). The van der Waals surface area contributed by atoms with E-state index in [2.05, 4.69) is 30.8 Å². The number of piperidine rings is 1. The third kappa shape index (κ3) is 7.15. The number of fused-ring (bicyclic) bond motifs is 2. The van der Waals surface area contributed by atoms with Crippen LogP contribution in [0.25, 0.3) is 10.2 Å². The summed E-state index contributed by atoms with van der Waals surface area (Å²) in [4.78, 5) is 80.6. The second-order valence-corrected chi connectivity index (χ2v) is 17.6. The zero-order valence-electron chi connectivity index (χ0n) is 32.1. The van der Waals surface area contributed by atoms with Crippen LogP contribution in [-0.2, 0) is 9.59 Å². The highest BCUT2D eigenvalue weighted by atomic mass is 32.1. The number of hydrogen-bond acceptors (Lipinski definition) is 12. The fraction of sp³-hybridized carbons (Fsp3) is 0.476. The van der Waals surface area contributed by atoms with E-state index in [1.165, 1.54) is 38.8 Å². The molecule has 5 aliphatic rings. The number of benzene rings is 2. The molecule has 9 rings (SSSR count). The quantitative estimate of drug-likeness (QED) is 0.163. The number of aromatic nitrogens is 3. The van der Waals surface area contributed by atoms with Crippen molar-refractivity contribution in [3.63, 3.8) is 0 Å². The lowest BCUT2D eigenvalue weighted by Gasteiger charge is -2.60. The molecule has 1 atom stereocenters. The van der Waals surface area contributed by atoms with Gasteiger partial charge in [0.2, 0.25) is 11.8 Å². The third-order valence-corrected chi connectivity index (χ3v) is 13.8. The van der Waals surface area contributed by atoms with E-state index in [9.17, 15) is 24.0 Å². The van der Waals surface area contributed by atoms with Gasteiger partial charge in [-0.25, -0.2) is 15.0 Å². The van der Waals surface area contributed by atoms with Crippen LogP contribution in [-0.4, -0.2) is 93.6 Å². The van der Waals surface area contributed by atoms with Gasteiger partial charge in [-0.3, -0.25) is 34.2 Å². The summed E-state index contributed by atoms with van der Waals surface area (Å²) in [7, 11) is 1.59. The molecule has 296 valence electrons. The number of amides is 5. The Morgan fingerprint density at radius 2 is 1.79 bits per heavy atom. The average molecular weight is 791 g/mol. The molecule has 1 spiro atoms. The number of anilines is 2. The number of nitrogens with zero attached hydrogens (tertiary/aromatic N) is 5. The lowest BCUT2D eigenvalue weighted by Crippen LogP contribution is -2.63. The monoisotopic (exact) mass is 790 g/mol. The summed E-state index contributed by atoms with van der Waals surface area (Å²) in [5.41, 5.74) is 3.46. The molecule has 2 aromatic carbocycles. The highest BCUT2D eigenvalue weighted by Gasteiger charge is 2.52. The van der Waals surface area contributed by atoms with Gasteiger partial charge in [0.05, 0.1) is 39.1 Å². The number of hydrogen-bond donors (Lipinski definition) is 3. The first-order valence-electron chi connectivity index (χ1n) is 20.0. The van der Waals surface area contributed by atoms with Gasteiger partial charge < -0.3 is 20.3 Å². The second kappa shape index (κ2) is 14.9. The summed E-state index contributed by atoms with van der Waals surface area (Å²) in [6.45, 7) is 5.96. The fourth-order valence-electron chi connectivity index (χ4n) is 9.87. The largest absolute Gasteiger partial charge is 0.494 e. The zero-order chi connectivity index (χ0) is 39.4. The highest BCUT2D eigenvalue weighted by molar-refractivity contribution is 7.18. The maximum absolute atomic E-state index is 13.4. The van der Waals surface area contributed by atoms with Gasteiger partial charge in [-0.05, 0) is 99.8 Å². The summed E-state index contributed by atoms with van der Waals surface area (Å²) in [6, 6.07) is 9.69. The predicted molar refractivity (Wildman–Crippen MR) is 213 cm³/mol. The first kappa shape index (κ1) is 37.3. The topological polar surface area (TPSA) is 176 Å². The van der Waals surface area contributed by atoms with E-state index in [1.807, 2.05) is 18.2 Å². The Kier molecular flexibility index (Phi) is 9.75. The molecule has 3 aliphatic heterocycles. The first-order chi connectivity index (χ1) is 27.6. The summed E-state index contributed by atoms with van der Waals surface area (Å²) < 4.78 is 6.64. The minimum atomic E-state index is -0.971. The molecule has 5 heterocycles. The molecule has 2 aromatic heterocycles. The maximum Gasteiger partial charge on any atom is 0.274 e. The summed E-state index contributed by atoms with van der Waals surface area (Å²) in [6.07, 6.45) is 9.91. The van der Waals surface area contributed by atoms with E-state index in [0.29, 0.717) is 69.5 Å². The Morgan fingerprint density at radius 1 is 0.982 bits per heavy atom. The molecule has 2 aliphatic carbocycles. The van der Waals surface area contributed by atoms with E-state index in [0.717, 1.165) is 45.9 Å². The van der Waals surface area contributed by atoms with Gasteiger partial charge in [-0.15, -0.1) is 11.3 Å². The van der Waals surface area contributed by atoms with Crippen LogP contribution in [0.1, 0.15) is 106 Å². The van der Waals surface area contributed by atoms with E-state index < -0.39 is 23.8 Å². The van der Waals surface area contributed by atoms with Crippen LogP contribution >= 0.6 is 11.3 Å². The van der Waals surface area contributed by atoms with Crippen LogP contribution in [0.15, 0.2) is 42.6 Å². The average Bonchev–Trinajstić information content (AvgIpc) is 3.70. The minimum Gasteiger partial charge on any atom is -0.494 e.